The molecule has 178 valence electrons. The van der Waals surface area contributed by atoms with Gasteiger partial charge in [-0.25, -0.2) is 0 Å². The van der Waals surface area contributed by atoms with E-state index in [4.69, 9.17) is 18.9 Å². The number of methoxy groups -OCH3 is 1. The number of nitrogens with zero attached hydrogens (tertiary/aromatic N) is 2. The number of likely N-dealkylation sites (tertiary alicyclic amines) is 1. The molecule has 3 heterocycles. The number of fused-ring (bicyclic) bond motifs is 1. The third-order valence-electron chi connectivity index (χ3n) is 6.36. The van der Waals surface area contributed by atoms with Crippen LogP contribution in [0, 0.1) is 0 Å². The molecule has 9 heteroatoms. The number of amides is 1. The van der Waals surface area contributed by atoms with Crippen LogP contribution in [0.3, 0.4) is 0 Å². The van der Waals surface area contributed by atoms with Gasteiger partial charge in [-0.3, -0.25) is 14.5 Å². The van der Waals surface area contributed by atoms with Gasteiger partial charge in [0, 0.05) is 31.7 Å². The number of benzene rings is 2. The van der Waals surface area contributed by atoms with Crippen LogP contribution in [0.1, 0.15) is 17.2 Å². The number of Topliss-reactive ketones (excluding diaryl/α,β-unsaturated/α-hetero) is 1. The largest absolute Gasteiger partial charge is 0.507 e. The molecule has 34 heavy (non-hydrogen) atoms. The van der Waals surface area contributed by atoms with Gasteiger partial charge in [0.2, 0.25) is 6.79 Å². The van der Waals surface area contributed by atoms with Crippen molar-refractivity contribution in [3.05, 3.63) is 59.2 Å². The molecular weight excluding hydrogens is 440 g/mol. The zero-order valence-electron chi connectivity index (χ0n) is 18.9. The molecule has 9 nitrogen and oxygen atoms in total. The van der Waals surface area contributed by atoms with Gasteiger partial charge in [-0.2, -0.15) is 0 Å². The molecule has 2 aromatic carbocycles. The van der Waals surface area contributed by atoms with Crippen LogP contribution >= 0.6 is 0 Å². The summed E-state index contributed by atoms with van der Waals surface area (Å²) in [4.78, 5) is 30.1. The molecule has 0 radical (unpaired) electrons. The Bertz CT molecular complexity index is 1140. The smallest absolute Gasteiger partial charge is 0.295 e. The monoisotopic (exact) mass is 466 g/mol. The average Bonchev–Trinajstić information content (AvgIpc) is 3.45. The molecule has 2 fully saturated rings. The van der Waals surface area contributed by atoms with E-state index in [1.807, 2.05) is 6.07 Å². The van der Waals surface area contributed by atoms with E-state index in [0.29, 0.717) is 54.7 Å². The zero-order valence-corrected chi connectivity index (χ0v) is 18.9. The van der Waals surface area contributed by atoms with Gasteiger partial charge < -0.3 is 29.0 Å². The molecule has 0 spiro atoms. The minimum absolute atomic E-state index is 0.0408. The molecule has 3 aliphatic heterocycles. The second kappa shape index (κ2) is 9.36. The highest BCUT2D eigenvalue weighted by Gasteiger charge is 2.46. The van der Waals surface area contributed by atoms with E-state index in [1.165, 1.54) is 4.90 Å². The minimum Gasteiger partial charge on any atom is -0.507 e. The van der Waals surface area contributed by atoms with Crippen molar-refractivity contribution in [2.24, 2.45) is 0 Å². The van der Waals surface area contributed by atoms with Gasteiger partial charge in [-0.15, -0.1) is 0 Å². The summed E-state index contributed by atoms with van der Waals surface area (Å²) in [6.45, 7) is 3.85. The maximum Gasteiger partial charge on any atom is 0.295 e. The normalized spacial score (nSPS) is 21.8. The van der Waals surface area contributed by atoms with E-state index in [9.17, 15) is 14.7 Å². The first-order chi connectivity index (χ1) is 16.6. The maximum absolute atomic E-state index is 13.2. The van der Waals surface area contributed by atoms with Crippen molar-refractivity contribution < 1.29 is 33.6 Å². The highest BCUT2D eigenvalue weighted by molar-refractivity contribution is 6.46. The van der Waals surface area contributed by atoms with Gasteiger partial charge in [0.25, 0.3) is 11.7 Å². The fourth-order valence-corrected chi connectivity index (χ4v) is 4.54. The van der Waals surface area contributed by atoms with E-state index in [-0.39, 0.29) is 18.1 Å². The molecule has 1 atom stereocenters. The molecule has 0 saturated carbocycles. The van der Waals surface area contributed by atoms with E-state index < -0.39 is 17.7 Å². The Labute approximate surface area is 197 Å². The van der Waals surface area contributed by atoms with Crippen LogP contribution in [-0.2, 0) is 14.3 Å². The molecule has 1 amide bonds. The average molecular weight is 466 g/mol. The van der Waals surface area contributed by atoms with Crippen LogP contribution in [0.5, 0.6) is 17.2 Å². The summed E-state index contributed by atoms with van der Waals surface area (Å²) < 4.78 is 21.5. The van der Waals surface area contributed by atoms with Crippen molar-refractivity contribution in [2.75, 3.05) is 53.3 Å². The zero-order chi connectivity index (χ0) is 23.7. The molecule has 3 aliphatic rings. The molecule has 0 bridgehead atoms. The van der Waals surface area contributed by atoms with Gasteiger partial charge in [-0.1, -0.05) is 12.1 Å². The molecule has 2 aromatic rings. The predicted octanol–water partition coefficient (Wildman–Crippen LogP) is 2.18. The Balaban J connectivity index is 1.55. The summed E-state index contributed by atoms with van der Waals surface area (Å²) in [6.07, 6.45) is 0. The third-order valence-corrected chi connectivity index (χ3v) is 6.36. The van der Waals surface area contributed by atoms with Gasteiger partial charge in [0.1, 0.15) is 11.5 Å². The van der Waals surface area contributed by atoms with Crippen LogP contribution in [0.15, 0.2) is 48.0 Å². The Morgan fingerprint density at radius 3 is 2.65 bits per heavy atom. The fourth-order valence-electron chi connectivity index (χ4n) is 4.54. The molecular formula is C25H26N2O7. The van der Waals surface area contributed by atoms with Crippen LogP contribution in [0.2, 0.25) is 0 Å². The number of aliphatic hydroxyl groups is 1. The fraction of sp³-hybridized carbons (Fsp3) is 0.360. The van der Waals surface area contributed by atoms with Gasteiger partial charge in [-0.05, 0) is 35.9 Å². The van der Waals surface area contributed by atoms with Crippen LogP contribution in [-0.4, -0.2) is 79.9 Å². The van der Waals surface area contributed by atoms with Crippen LogP contribution in [0.25, 0.3) is 5.76 Å². The van der Waals surface area contributed by atoms with E-state index in [1.54, 1.807) is 43.5 Å². The molecule has 0 aliphatic carbocycles. The first-order valence-corrected chi connectivity index (χ1v) is 11.2. The predicted molar refractivity (Wildman–Crippen MR) is 122 cm³/mol. The maximum atomic E-state index is 13.2. The number of hydrogen-bond acceptors (Lipinski definition) is 8. The molecule has 1 unspecified atom stereocenters. The number of ether oxygens (including phenoxy) is 4. The molecule has 5 rings (SSSR count). The van der Waals surface area contributed by atoms with Gasteiger partial charge in [0.05, 0.1) is 31.9 Å². The number of morpholine rings is 1. The summed E-state index contributed by atoms with van der Waals surface area (Å²) in [5.74, 6) is 0.0291. The second-order valence-electron chi connectivity index (χ2n) is 8.29. The van der Waals surface area contributed by atoms with Crippen LogP contribution in [0.4, 0.5) is 0 Å². The number of ketones is 1. The number of rotatable bonds is 6. The minimum atomic E-state index is -0.749. The quantitative estimate of drug-likeness (QED) is 0.393. The van der Waals surface area contributed by atoms with Crippen molar-refractivity contribution in [3.8, 4) is 17.2 Å². The summed E-state index contributed by atoms with van der Waals surface area (Å²) in [6, 6.07) is 11.4. The summed E-state index contributed by atoms with van der Waals surface area (Å²) in [7, 11) is 1.56. The second-order valence-corrected chi connectivity index (χ2v) is 8.29. The van der Waals surface area contributed by atoms with Gasteiger partial charge in [0.15, 0.2) is 11.5 Å². The first kappa shape index (κ1) is 22.2. The van der Waals surface area contributed by atoms with Crippen molar-refractivity contribution in [1.29, 1.82) is 0 Å². The Morgan fingerprint density at radius 2 is 1.85 bits per heavy atom. The Morgan fingerprint density at radius 1 is 1.06 bits per heavy atom. The van der Waals surface area contributed by atoms with E-state index >= 15 is 0 Å². The van der Waals surface area contributed by atoms with Crippen molar-refractivity contribution in [2.45, 2.75) is 6.04 Å². The Hall–Kier alpha value is -3.56. The number of hydrogen-bond donors (Lipinski definition) is 1. The highest BCUT2D eigenvalue weighted by Crippen LogP contribution is 2.41. The number of carbonyl (C=O) groups is 2. The number of carbonyl (C=O) groups excluding carboxylic acids is 2. The van der Waals surface area contributed by atoms with Crippen molar-refractivity contribution in [3.63, 3.8) is 0 Å². The summed E-state index contributed by atoms with van der Waals surface area (Å²) >= 11 is 0. The standard InChI is InChI=1S/C25H26N2O7/c1-31-18-4-2-3-16(13-18)22-21(23(28)17-5-6-19-20(14-17)34-15-33-19)24(29)25(30)27(22)8-7-26-9-11-32-12-10-26/h2-6,13-14,22,28H,7-12,15H2,1H3. The van der Waals surface area contributed by atoms with Gasteiger partial charge >= 0.3 is 0 Å². The Kier molecular flexibility index (Phi) is 6.12. The lowest BCUT2D eigenvalue weighted by atomic mass is 9.95. The lowest BCUT2D eigenvalue weighted by Crippen LogP contribution is -2.42. The molecule has 2 saturated heterocycles. The van der Waals surface area contributed by atoms with E-state index in [2.05, 4.69) is 4.90 Å². The summed E-state index contributed by atoms with van der Waals surface area (Å²) in [5.41, 5.74) is 1.10. The topological polar surface area (TPSA) is 97.8 Å². The van der Waals surface area contributed by atoms with Crippen molar-refractivity contribution >= 4 is 17.4 Å². The third kappa shape index (κ3) is 4.08. The number of aliphatic hydroxyl groups excluding tert-OH is 1. The molecule has 1 N–H and O–H groups in total. The van der Waals surface area contributed by atoms with E-state index in [0.717, 1.165) is 13.1 Å². The first-order valence-electron chi connectivity index (χ1n) is 11.2. The molecule has 0 aromatic heterocycles. The summed E-state index contributed by atoms with van der Waals surface area (Å²) in [5, 5.41) is 11.3. The van der Waals surface area contributed by atoms with Crippen molar-refractivity contribution in [1.82, 2.24) is 9.80 Å². The SMILES string of the molecule is COc1cccc(C2C(=C(O)c3ccc4c(c3)OCO4)C(=O)C(=O)N2CCN2CCOCC2)c1. The lowest BCUT2D eigenvalue weighted by molar-refractivity contribution is -0.140. The van der Waals surface area contributed by atoms with Crippen LogP contribution < -0.4 is 14.2 Å². The lowest BCUT2D eigenvalue weighted by Gasteiger charge is -2.31. The highest BCUT2D eigenvalue weighted by atomic mass is 16.7.